The molecule has 0 atom stereocenters. The number of anilines is 1. The van der Waals surface area contributed by atoms with Gasteiger partial charge >= 0.3 is 0 Å². The fourth-order valence-corrected chi connectivity index (χ4v) is 3.29. The van der Waals surface area contributed by atoms with Gasteiger partial charge in [-0.05, 0) is 6.07 Å². The second-order valence-corrected chi connectivity index (χ2v) is 6.72. The first-order chi connectivity index (χ1) is 9.03. The highest BCUT2D eigenvalue weighted by Crippen LogP contribution is 2.38. The van der Waals surface area contributed by atoms with Gasteiger partial charge < -0.3 is 10.8 Å². The smallest absolute Gasteiger partial charge is 0.295 e. The van der Waals surface area contributed by atoms with Crippen molar-refractivity contribution in [2.75, 3.05) is 5.73 Å². The average molecular weight is 319 g/mol. The summed E-state index contributed by atoms with van der Waals surface area (Å²) in [4.78, 5) is -1.39. The first-order valence-electron chi connectivity index (χ1n) is 5.02. The standard InChI is InChI=1S/C10H9NO7S2/c11-10-6(12)4-8(20(16,17)18)5-2-1-3-7(9(5)10)19(13,14)15/h1-4,12H,11H2,(H,13,14,15)(H,16,17,18). The maximum atomic E-state index is 11.3. The van der Waals surface area contributed by atoms with E-state index in [9.17, 15) is 21.9 Å². The van der Waals surface area contributed by atoms with Crippen LogP contribution in [0.2, 0.25) is 0 Å². The lowest BCUT2D eigenvalue weighted by molar-refractivity contribution is 0.469. The van der Waals surface area contributed by atoms with Crippen molar-refractivity contribution in [1.82, 2.24) is 0 Å². The molecule has 2 aromatic rings. The van der Waals surface area contributed by atoms with Crippen LogP contribution in [0.15, 0.2) is 34.1 Å². The van der Waals surface area contributed by atoms with E-state index in [-0.39, 0.29) is 10.8 Å². The van der Waals surface area contributed by atoms with E-state index in [1.165, 1.54) is 6.07 Å². The number of rotatable bonds is 2. The van der Waals surface area contributed by atoms with Crippen LogP contribution >= 0.6 is 0 Å². The predicted molar refractivity (Wildman–Crippen MR) is 69.7 cm³/mol. The Morgan fingerprint density at radius 1 is 0.950 bits per heavy atom. The molecule has 2 aromatic carbocycles. The Balaban J connectivity index is 3.17. The van der Waals surface area contributed by atoms with Crippen LogP contribution in [-0.4, -0.2) is 31.0 Å². The van der Waals surface area contributed by atoms with Crippen molar-refractivity contribution in [3.8, 4) is 5.75 Å². The lowest BCUT2D eigenvalue weighted by atomic mass is 10.1. The van der Waals surface area contributed by atoms with Gasteiger partial charge in [0.15, 0.2) is 0 Å². The Kier molecular flexibility index (Phi) is 3.13. The summed E-state index contributed by atoms with van der Waals surface area (Å²) in [7, 11) is -9.42. The lowest BCUT2D eigenvalue weighted by Gasteiger charge is -2.11. The van der Waals surface area contributed by atoms with Crippen molar-refractivity contribution in [1.29, 1.82) is 0 Å². The highest BCUT2D eigenvalue weighted by Gasteiger charge is 2.23. The predicted octanol–water partition coefficient (Wildman–Crippen LogP) is 0.621. The summed E-state index contributed by atoms with van der Waals surface area (Å²) in [6, 6.07) is 4.03. The maximum Gasteiger partial charge on any atom is 0.295 e. The van der Waals surface area contributed by atoms with Gasteiger partial charge in [-0.15, -0.1) is 0 Å². The summed E-state index contributed by atoms with van der Waals surface area (Å²) in [6.07, 6.45) is 0. The number of benzene rings is 2. The monoisotopic (exact) mass is 319 g/mol. The first-order valence-corrected chi connectivity index (χ1v) is 7.90. The van der Waals surface area contributed by atoms with Crippen LogP contribution in [0, 0.1) is 0 Å². The van der Waals surface area contributed by atoms with Gasteiger partial charge in [0.05, 0.1) is 5.69 Å². The first kappa shape index (κ1) is 14.5. The summed E-state index contributed by atoms with van der Waals surface area (Å²) in [5.74, 6) is -0.735. The molecule has 0 spiro atoms. The molecule has 0 unspecified atom stereocenters. The van der Waals surface area contributed by atoms with Crippen molar-refractivity contribution < 1.29 is 31.0 Å². The highest BCUT2D eigenvalue weighted by atomic mass is 32.2. The number of nitrogen functional groups attached to an aromatic ring is 1. The molecule has 0 radical (unpaired) electrons. The van der Waals surface area contributed by atoms with Crippen LogP contribution in [-0.2, 0) is 20.2 Å². The number of fused-ring (bicyclic) bond motifs is 1. The fraction of sp³-hybridized carbons (Fsp3) is 0. The molecule has 0 heterocycles. The van der Waals surface area contributed by atoms with Crippen molar-refractivity contribution >= 4 is 36.7 Å². The van der Waals surface area contributed by atoms with E-state index in [0.717, 1.165) is 12.1 Å². The Bertz CT molecular complexity index is 886. The Labute approximate surface area is 114 Å². The third-order valence-electron chi connectivity index (χ3n) is 2.66. The molecule has 0 saturated heterocycles. The molecule has 20 heavy (non-hydrogen) atoms. The third-order valence-corrected chi connectivity index (χ3v) is 4.45. The molecule has 5 N–H and O–H groups in total. The van der Waals surface area contributed by atoms with E-state index in [1.54, 1.807) is 0 Å². The van der Waals surface area contributed by atoms with Crippen molar-refractivity contribution in [2.24, 2.45) is 0 Å². The van der Waals surface area contributed by atoms with E-state index in [0.29, 0.717) is 6.07 Å². The fourth-order valence-electron chi connectivity index (χ4n) is 1.85. The van der Waals surface area contributed by atoms with Crippen LogP contribution in [0.1, 0.15) is 0 Å². The molecule has 0 amide bonds. The van der Waals surface area contributed by atoms with Crippen LogP contribution in [0.25, 0.3) is 10.8 Å². The van der Waals surface area contributed by atoms with Crippen LogP contribution in [0.4, 0.5) is 5.69 Å². The van der Waals surface area contributed by atoms with Crippen LogP contribution < -0.4 is 5.73 Å². The zero-order valence-corrected chi connectivity index (χ0v) is 11.3. The number of phenols is 1. The summed E-state index contributed by atoms with van der Waals surface area (Å²) < 4.78 is 63.3. The Morgan fingerprint density at radius 2 is 1.50 bits per heavy atom. The van der Waals surface area contributed by atoms with Crippen molar-refractivity contribution in [3.63, 3.8) is 0 Å². The molecule has 2 rings (SSSR count). The number of nitrogens with two attached hydrogens (primary N) is 1. The van der Waals surface area contributed by atoms with Gasteiger partial charge in [-0.3, -0.25) is 9.11 Å². The topological polar surface area (TPSA) is 155 Å². The molecular weight excluding hydrogens is 310 g/mol. The molecule has 0 aliphatic carbocycles. The van der Waals surface area contributed by atoms with Gasteiger partial charge in [-0.2, -0.15) is 16.8 Å². The maximum absolute atomic E-state index is 11.3. The van der Waals surface area contributed by atoms with E-state index in [1.807, 2.05) is 0 Å². The molecule has 0 saturated carbocycles. The minimum Gasteiger partial charge on any atom is -0.506 e. The van der Waals surface area contributed by atoms with Crippen LogP contribution in [0.5, 0.6) is 5.75 Å². The number of hydrogen-bond acceptors (Lipinski definition) is 6. The normalized spacial score (nSPS) is 12.7. The van der Waals surface area contributed by atoms with E-state index in [2.05, 4.69) is 0 Å². The van der Waals surface area contributed by atoms with Crippen LogP contribution in [0.3, 0.4) is 0 Å². The number of hydrogen-bond donors (Lipinski definition) is 4. The molecule has 0 aromatic heterocycles. The van der Waals surface area contributed by atoms with Crippen molar-refractivity contribution in [3.05, 3.63) is 24.3 Å². The van der Waals surface area contributed by atoms with Gasteiger partial charge in [0.2, 0.25) is 0 Å². The molecule has 8 nitrogen and oxygen atoms in total. The van der Waals surface area contributed by atoms with Gasteiger partial charge in [-0.1, -0.05) is 12.1 Å². The lowest BCUT2D eigenvalue weighted by Crippen LogP contribution is -2.05. The average Bonchev–Trinajstić information content (AvgIpc) is 2.30. The molecular formula is C10H9NO7S2. The summed E-state index contributed by atoms with van der Waals surface area (Å²) in [5.41, 5.74) is 5.10. The second-order valence-electron chi connectivity index (χ2n) is 3.94. The zero-order valence-electron chi connectivity index (χ0n) is 9.68. The molecule has 0 fully saturated rings. The van der Waals surface area contributed by atoms with Gasteiger partial charge in [-0.25, -0.2) is 0 Å². The summed E-state index contributed by atoms with van der Waals surface area (Å²) >= 11 is 0. The van der Waals surface area contributed by atoms with E-state index < -0.39 is 41.5 Å². The molecule has 0 bridgehead atoms. The minimum atomic E-state index is -4.72. The number of phenolic OH excluding ortho intramolecular Hbond substituents is 1. The van der Waals surface area contributed by atoms with Gasteiger partial charge in [0.1, 0.15) is 15.5 Å². The van der Waals surface area contributed by atoms with Gasteiger partial charge in [0, 0.05) is 16.8 Å². The minimum absolute atomic E-state index is 0.238. The summed E-state index contributed by atoms with van der Waals surface area (Å²) in [6.45, 7) is 0. The quantitative estimate of drug-likeness (QED) is 0.356. The largest absolute Gasteiger partial charge is 0.506 e. The van der Waals surface area contributed by atoms with Crippen molar-refractivity contribution in [2.45, 2.75) is 9.79 Å². The molecule has 10 heteroatoms. The Morgan fingerprint density at radius 3 is 2.00 bits per heavy atom. The third kappa shape index (κ3) is 2.29. The van der Waals surface area contributed by atoms with E-state index in [4.69, 9.17) is 14.8 Å². The molecule has 0 aliphatic heterocycles. The summed E-state index contributed by atoms with van der Waals surface area (Å²) in [5, 5.41) is 8.95. The SMILES string of the molecule is Nc1c(O)cc(S(=O)(=O)O)c2cccc(S(=O)(=O)O)c12. The zero-order chi connectivity index (χ0) is 15.3. The molecule has 0 aliphatic rings. The van der Waals surface area contributed by atoms with Gasteiger partial charge in [0.25, 0.3) is 20.2 Å². The second kappa shape index (κ2) is 4.31. The highest BCUT2D eigenvalue weighted by molar-refractivity contribution is 7.86. The molecule has 108 valence electrons. The number of aromatic hydroxyl groups is 1. The Hall–Kier alpha value is -1.88. The van der Waals surface area contributed by atoms with E-state index >= 15 is 0 Å².